The molecule has 0 radical (unpaired) electrons. The highest BCUT2D eigenvalue weighted by molar-refractivity contribution is 7.62. The minimum absolute atomic E-state index is 0.0453. The van der Waals surface area contributed by atoms with E-state index in [-0.39, 0.29) is 18.6 Å². The van der Waals surface area contributed by atoms with Gasteiger partial charge in [-0.15, -0.1) is 0 Å². The molecule has 212 valence electrons. The Bertz CT molecular complexity index is 1360. The SMILES string of the molecule is C=P(NC(C)(C)COCc1ccccc1C)(OC[C@@H]1C[C@H](C)[C@H](n2ccc(=O)[nH]c2=O)O1)OC1=CCCC=C1. The van der Waals surface area contributed by atoms with Crippen molar-refractivity contribution < 1.29 is 18.5 Å². The van der Waals surface area contributed by atoms with E-state index in [2.05, 4.69) is 41.5 Å². The Hall–Kier alpha value is -2.68. The maximum absolute atomic E-state index is 12.3. The molecule has 1 aromatic heterocycles. The van der Waals surface area contributed by atoms with Crippen LogP contribution >= 0.6 is 7.49 Å². The summed E-state index contributed by atoms with van der Waals surface area (Å²) < 4.78 is 26.4. The van der Waals surface area contributed by atoms with Gasteiger partial charge in [0.25, 0.3) is 5.56 Å². The van der Waals surface area contributed by atoms with Crippen LogP contribution in [0.25, 0.3) is 0 Å². The topological polar surface area (TPSA) is 104 Å². The molecule has 2 N–H and O–H groups in total. The zero-order valence-electron chi connectivity index (χ0n) is 23.2. The molecule has 0 bridgehead atoms. The van der Waals surface area contributed by atoms with Gasteiger partial charge < -0.3 is 18.5 Å². The second-order valence-electron chi connectivity index (χ2n) is 10.9. The fourth-order valence-corrected chi connectivity index (χ4v) is 6.82. The molecule has 1 aliphatic carbocycles. The molecule has 4 atom stereocenters. The monoisotopic (exact) mass is 557 g/mol. The minimum Gasteiger partial charge on any atom is -0.441 e. The highest BCUT2D eigenvalue weighted by Gasteiger charge is 2.36. The molecule has 10 heteroatoms. The molecule has 1 aromatic carbocycles. The third kappa shape index (κ3) is 8.16. The number of H-pyrrole nitrogens is 1. The zero-order chi connectivity index (χ0) is 28.0. The molecule has 2 aliphatic rings. The summed E-state index contributed by atoms with van der Waals surface area (Å²) in [6.07, 6.45) is 13.7. The molecule has 39 heavy (non-hydrogen) atoms. The van der Waals surface area contributed by atoms with Gasteiger partial charge in [-0.1, -0.05) is 37.3 Å². The molecule has 0 saturated carbocycles. The molecule has 2 aromatic rings. The van der Waals surface area contributed by atoms with Gasteiger partial charge in [-0.05, 0) is 69.6 Å². The van der Waals surface area contributed by atoms with Crippen LogP contribution in [0, 0.1) is 12.8 Å². The van der Waals surface area contributed by atoms with Crippen LogP contribution in [0.15, 0.2) is 70.1 Å². The summed E-state index contributed by atoms with van der Waals surface area (Å²) in [4.78, 5) is 26.1. The average molecular weight is 558 g/mol. The van der Waals surface area contributed by atoms with E-state index in [4.69, 9.17) is 18.5 Å². The highest BCUT2D eigenvalue weighted by atomic mass is 31.2. The molecule has 1 fully saturated rings. The van der Waals surface area contributed by atoms with Crippen LogP contribution < -0.4 is 16.3 Å². The first kappa shape index (κ1) is 29.3. The van der Waals surface area contributed by atoms with Crippen LogP contribution in [0.2, 0.25) is 0 Å². The van der Waals surface area contributed by atoms with E-state index in [0.717, 1.165) is 24.2 Å². The molecule has 1 saturated heterocycles. The molecule has 4 rings (SSSR count). The number of hydrogen-bond donors (Lipinski definition) is 2. The first-order valence-electron chi connectivity index (χ1n) is 13.4. The molecule has 2 heterocycles. The summed E-state index contributed by atoms with van der Waals surface area (Å²) in [6.45, 7) is 9.33. The number of aryl methyl sites for hydroxylation is 1. The zero-order valence-corrected chi connectivity index (χ0v) is 24.1. The normalized spacial score (nSPS) is 22.9. The predicted octanol–water partition coefficient (Wildman–Crippen LogP) is 4.82. The van der Waals surface area contributed by atoms with E-state index >= 15 is 0 Å². The van der Waals surface area contributed by atoms with E-state index in [0.29, 0.717) is 19.6 Å². The third-order valence-corrected chi connectivity index (χ3v) is 8.73. The second-order valence-corrected chi connectivity index (χ2v) is 13.0. The van der Waals surface area contributed by atoms with Crippen molar-refractivity contribution in [1.29, 1.82) is 0 Å². The van der Waals surface area contributed by atoms with Crippen LogP contribution in [0.4, 0.5) is 0 Å². The van der Waals surface area contributed by atoms with Crippen LogP contribution in [0.5, 0.6) is 0 Å². The van der Waals surface area contributed by atoms with Crippen molar-refractivity contribution in [1.82, 2.24) is 14.6 Å². The van der Waals surface area contributed by atoms with Gasteiger partial charge in [-0.2, -0.15) is 0 Å². The quantitative estimate of drug-likeness (QED) is 0.361. The van der Waals surface area contributed by atoms with Crippen molar-refractivity contribution in [2.75, 3.05) is 13.2 Å². The van der Waals surface area contributed by atoms with Crippen LogP contribution in [-0.2, 0) is 25.1 Å². The number of allylic oxidation sites excluding steroid dienone is 3. The Morgan fingerprint density at radius 3 is 2.74 bits per heavy atom. The van der Waals surface area contributed by atoms with E-state index in [1.807, 2.05) is 45.1 Å². The number of hydrogen-bond acceptors (Lipinski definition) is 7. The summed E-state index contributed by atoms with van der Waals surface area (Å²) in [5.74, 6) is 0.774. The summed E-state index contributed by atoms with van der Waals surface area (Å²) in [5.41, 5.74) is 0.921. The first-order chi connectivity index (χ1) is 18.5. The molecule has 1 aliphatic heterocycles. The Kier molecular flexibility index (Phi) is 9.51. The predicted molar refractivity (Wildman–Crippen MR) is 155 cm³/mol. The Morgan fingerprint density at radius 1 is 1.23 bits per heavy atom. The lowest BCUT2D eigenvalue weighted by Crippen LogP contribution is -2.42. The van der Waals surface area contributed by atoms with Gasteiger partial charge >= 0.3 is 5.69 Å². The second kappa shape index (κ2) is 12.7. The van der Waals surface area contributed by atoms with E-state index in [1.54, 1.807) is 0 Å². The third-order valence-electron chi connectivity index (χ3n) is 6.72. The average Bonchev–Trinajstić information content (AvgIpc) is 3.24. The lowest BCUT2D eigenvalue weighted by Gasteiger charge is -2.36. The maximum Gasteiger partial charge on any atom is 0.330 e. The highest BCUT2D eigenvalue weighted by Crippen LogP contribution is 2.49. The van der Waals surface area contributed by atoms with Crippen LogP contribution in [0.3, 0.4) is 0 Å². The number of nitrogens with one attached hydrogen (secondary N) is 2. The fourth-order valence-electron chi connectivity index (χ4n) is 4.79. The van der Waals surface area contributed by atoms with Crippen molar-refractivity contribution in [3.63, 3.8) is 0 Å². The van der Waals surface area contributed by atoms with Crippen LogP contribution in [0.1, 0.15) is 57.4 Å². The van der Waals surface area contributed by atoms with Gasteiger partial charge in [0.2, 0.25) is 7.49 Å². The molecule has 9 nitrogen and oxygen atoms in total. The van der Waals surface area contributed by atoms with Crippen molar-refractivity contribution in [3.05, 3.63) is 92.5 Å². The first-order valence-corrected chi connectivity index (χ1v) is 15.2. The lowest BCUT2D eigenvalue weighted by molar-refractivity contribution is -0.0303. The number of rotatable bonds is 12. The largest absolute Gasteiger partial charge is 0.441 e. The number of aromatic nitrogens is 2. The Morgan fingerprint density at radius 2 is 2.03 bits per heavy atom. The van der Waals surface area contributed by atoms with E-state index < -0.39 is 30.5 Å². The smallest absolute Gasteiger partial charge is 0.330 e. The summed E-state index contributed by atoms with van der Waals surface area (Å²) in [7, 11) is -2.86. The number of ether oxygens (including phenoxy) is 2. The molecule has 0 spiro atoms. The van der Waals surface area contributed by atoms with E-state index in [9.17, 15) is 9.59 Å². The summed E-state index contributed by atoms with van der Waals surface area (Å²) in [5, 5.41) is 3.52. The van der Waals surface area contributed by atoms with E-state index in [1.165, 1.54) is 22.4 Å². The fraction of sp³-hybridized carbons (Fsp3) is 0.483. The Labute approximate surface area is 230 Å². The van der Waals surface area contributed by atoms with Gasteiger partial charge in [0.1, 0.15) is 12.0 Å². The van der Waals surface area contributed by atoms with Gasteiger partial charge in [0.15, 0.2) is 0 Å². The lowest BCUT2D eigenvalue weighted by atomic mass is 10.1. The standard InChI is InChI=1S/C29H40N3O6P/c1-21-11-9-10-12-23(21)18-35-20-29(3,4)31-39(5,38-24-13-7-6-8-14-24)36-19-25-17-22(2)27(37-25)32-16-15-26(33)30-28(32)34/h7,9-16,22,25,27,31H,5-6,8,17-20H2,1-4H3,(H,30,33,34)/t22-,25-,27+,39?/m0/s1. The number of nitrogens with zero attached hydrogens (tertiary/aromatic N) is 1. The molecule has 1 unspecified atom stereocenters. The minimum atomic E-state index is -2.86. The van der Waals surface area contributed by atoms with Crippen molar-refractivity contribution in [3.8, 4) is 0 Å². The van der Waals surface area contributed by atoms with Gasteiger partial charge in [-0.25, -0.2) is 9.88 Å². The van der Waals surface area contributed by atoms with Gasteiger partial charge in [-0.3, -0.25) is 14.3 Å². The molecule has 0 amide bonds. The van der Waals surface area contributed by atoms with Crippen molar-refractivity contribution >= 4 is 13.8 Å². The summed E-state index contributed by atoms with van der Waals surface area (Å²) >= 11 is 0. The molecular weight excluding hydrogens is 517 g/mol. The number of benzene rings is 1. The maximum atomic E-state index is 12.3. The Balaban J connectivity index is 1.41. The summed E-state index contributed by atoms with van der Waals surface area (Å²) in [6, 6.07) is 9.50. The number of aromatic amines is 1. The molecular formula is C29H40N3O6P. The van der Waals surface area contributed by atoms with Crippen LogP contribution in [-0.4, -0.2) is 40.7 Å². The van der Waals surface area contributed by atoms with Crippen molar-refractivity contribution in [2.45, 2.75) is 71.4 Å². The van der Waals surface area contributed by atoms with Crippen molar-refractivity contribution in [2.24, 2.45) is 5.92 Å². The van der Waals surface area contributed by atoms with Gasteiger partial charge in [0.05, 0.1) is 25.9 Å². The van der Waals surface area contributed by atoms with Gasteiger partial charge in [0, 0.05) is 23.7 Å².